The Balaban J connectivity index is 2.02. The second-order valence-corrected chi connectivity index (χ2v) is 5.00. The van der Waals surface area contributed by atoms with E-state index in [4.69, 9.17) is 4.74 Å². The zero-order valence-corrected chi connectivity index (χ0v) is 10.9. The Bertz CT molecular complexity index is 351. The third kappa shape index (κ3) is 3.22. The molecule has 0 saturated heterocycles. The van der Waals surface area contributed by atoms with Gasteiger partial charge in [0, 0.05) is 6.04 Å². The fraction of sp³-hybridized carbons (Fsp3) is 0.600. The molecule has 2 nitrogen and oxygen atoms in total. The highest BCUT2D eigenvalue weighted by Gasteiger charge is 2.23. The van der Waals surface area contributed by atoms with Crippen molar-refractivity contribution in [3.8, 4) is 5.75 Å². The Kier molecular flexibility index (Phi) is 4.43. The predicted octanol–water partition coefficient (Wildman–Crippen LogP) is 3.02. The Hall–Kier alpha value is -1.02. The van der Waals surface area contributed by atoms with Gasteiger partial charge in [0.15, 0.2) is 0 Å². The Labute approximate surface area is 104 Å². The van der Waals surface area contributed by atoms with E-state index in [-0.39, 0.29) is 0 Å². The SMILES string of the molecule is CNC1CCCCC1Cc1cccc(OC)c1. The molecule has 17 heavy (non-hydrogen) atoms. The lowest BCUT2D eigenvalue weighted by atomic mass is 9.81. The van der Waals surface area contributed by atoms with E-state index in [0.717, 1.165) is 11.7 Å². The molecule has 0 aliphatic heterocycles. The van der Waals surface area contributed by atoms with Gasteiger partial charge >= 0.3 is 0 Å². The maximum atomic E-state index is 5.28. The highest BCUT2D eigenvalue weighted by atomic mass is 16.5. The minimum Gasteiger partial charge on any atom is -0.497 e. The van der Waals surface area contributed by atoms with Crippen molar-refractivity contribution in [2.24, 2.45) is 5.92 Å². The summed E-state index contributed by atoms with van der Waals surface area (Å²) in [4.78, 5) is 0. The molecule has 0 heterocycles. The summed E-state index contributed by atoms with van der Waals surface area (Å²) in [5.41, 5.74) is 1.40. The van der Waals surface area contributed by atoms with Crippen LogP contribution in [0.4, 0.5) is 0 Å². The van der Waals surface area contributed by atoms with E-state index in [2.05, 4.69) is 30.6 Å². The summed E-state index contributed by atoms with van der Waals surface area (Å²) in [5.74, 6) is 1.75. The molecular formula is C15H23NO. The van der Waals surface area contributed by atoms with Crippen LogP contribution in [-0.4, -0.2) is 20.2 Å². The Morgan fingerprint density at radius 1 is 1.29 bits per heavy atom. The average molecular weight is 233 g/mol. The summed E-state index contributed by atoms with van der Waals surface area (Å²) in [7, 11) is 3.82. The second kappa shape index (κ2) is 6.06. The maximum Gasteiger partial charge on any atom is 0.119 e. The summed E-state index contributed by atoms with van der Waals surface area (Å²) in [5, 5.41) is 3.47. The highest BCUT2D eigenvalue weighted by Crippen LogP contribution is 2.28. The molecule has 1 aromatic rings. The number of nitrogens with one attached hydrogen (secondary N) is 1. The topological polar surface area (TPSA) is 21.3 Å². The summed E-state index contributed by atoms with van der Waals surface area (Å²) in [6.45, 7) is 0. The third-order valence-electron chi connectivity index (χ3n) is 3.91. The first kappa shape index (κ1) is 12.4. The van der Waals surface area contributed by atoms with Gasteiger partial charge in [-0.1, -0.05) is 25.0 Å². The molecule has 94 valence electrons. The van der Waals surface area contributed by atoms with E-state index >= 15 is 0 Å². The second-order valence-electron chi connectivity index (χ2n) is 5.00. The van der Waals surface area contributed by atoms with Crippen molar-refractivity contribution in [1.82, 2.24) is 5.32 Å². The van der Waals surface area contributed by atoms with Crippen molar-refractivity contribution in [2.75, 3.05) is 14.2 Å². The summed E-state index contributed by atoms with van der Waals surface area (Å²) >= 11 is 0. The molecule has 2 heteroatoms. The largest absolute Gasteiger partial charge is 0.497 e. The van der Waals surface area contributed by atoms with Crippen molar-refractivity contribution >= 4 is 0 Å². The van der Waals surface area contributed by atoms with Crippen LogP contribution in [0.3, 0.4) is 0 Å². The number of methoxy groups -OCH3 is 1. The smallest absolute Gasteiger partial charge is 0.119 e. The highest BCUT2D eigenvalue weighted by molar-refractivity contribution is 5.28. The summed E-state index contributed by atoms with van der Waals surface area (Å²) in [6.07, 6.45) is 6.60. The van der Waals surface area contributed by atoms with Crippen molar-refractivity contribution in [3.63, 3.8) is 0 Å². The molecule has 1 aliphatic carbocycles. The van der Waals surface area contributed by atoms with Crippen molar-refractivity contribution < 1.29 is 4.74 Å². The standard InChI is InChI=1S/C15H23NO/c1-16-15-9-4-3-7-13(15)10-12-6-5-8-14(11-12)17-2/h5-6,8,11,13,15-16H,3-4,7,9-10H2,1-2H3. The lowest BCUT2D eigenvalue weighted by Gasteiger charge is -2.31. The molecular weight excluding hydrogens is 210 g/mol. The van der Waals surface area contributed by atoms with Gasteiger partial charge in [-0.05, 0) is 49.9 Å². The van der Waals surface area contributed by atoms with Crippen molar-refractivity contribution in [1.29, 1.82) is 0 Å². The summed E-state index contributed by atoms with van der Waals surface area (Å²) < 4.78 is 5.28. The van der Waals surface area contributed by atoms with Crippen LogP contribution < -0.4 is 10.1 Å². The minimum atomic E-state index is 0.690. The number of ether oxygens (including phenoxy) is 1. The van der Waals surface area contributed by atoms with Crippen LogP contribution in [0.5, 0.6) is 5.75 Å². The van der Waals surface area contributed by atoms with Crippen LogP contribution >= 0.6 is 0 Å². The van der Waals surface area contributed by atoms with Crippen LogP contribution in [0.15, 0.2) is 24.3 Å². The van der Waals surface area contributed by atoms with Crippen LogP contribution in [0.2, 0.25) is 0 Å². The van der Waals surface area contributed by atoms with Gasteiger partial charge in [-0.2, -0.15) is 0 Å². The molecule has 1 aliphatic rings. The molecule has 1 fully saturated rings. The van der Waals surface area contributed by atoms with Gasteiger partial charge in [-0.3, -0.25) is 0 Å². The molecule has 1 saturated carbocycles. The van der Waals surface area contributed by atoms with Gasteiger partial charge in [-0.25, -0.2) is 0 Å². The lowest BCUT2D eigenvalue weighted by molar-refractivity contribution is 0.272. The average Bonchev–Trinajstić information content (AvgIpc) is 2.39. The fourth-order valence-electron chi connectivity index (χ4n) is 2.93. The van der Waals surface area contributed by atoms with E-state index in [1.165, 1.54) is 37.7 Å². The van der Waals surface area contributed by atoms with E-state index in [1.54, 1.807) is 7.11 Å². The monoisotopic (exact) mass is 233 g/mol. The minimum absolute atomic E-state index is 0.690. The first-order chi connectivity index (χ1) is 8.33. The molecule has 0 amide bonds. The molecule has 0 aromatic heterocycles. The lowest BCUT2D eigenvalue weighted by Crippen LogP contribution is -2.37. The zero-order valence-electron chi connectivity index (χ0n) is 10.9. The van der Waals surface area contributed by atoms with Gasteiger partial charge in [0.2, 0.25) is 0 Å². The molecule has 0 spiro atoms. The number of hydrogen-bond acceptors (Lipinski definition) is 2. The van der Waals surface area contributed by atoms with Gasteiger partial charge < -0.3 is 10.1 Å². The van der Waals surface area contributed by atoms with E-state index in [9.17, 15) is 0 Å². The van der Waals surface area contributed by atoms with Crippen LogP contribution in [0, 0.1) is 5.92 Å². The number of benzene rings is 1. The third-order valence-corrected chi connectivity index (χ3v) is 3.91. The van der Waals surface area contributed by atoms with Crippen LogP contribution in [-0.2, 0) is 6.42 Å². The van der Waals surface area contributed by atoms with Gasteiger partial charge in [0.25, 0.3) is 0 Å². The predicted molar refractivity (Wildman–Crippen MR) is 71.5 cm³/mol. The summed E-state index contributed by atoms with van der Waals surface area (Å²) in [6, 6.07) is 9.17. The Morgan fingerprint density at radius 2 is 2.12 bits per heavy atom. The van der Waals surface area contributed by atoms with E-state index in [1.807, 2.05) is 6.07 Å². The van der Waals surface area contributed by atoms with Gasteiger partial charge in [0.1, 0.15) is 5.75 Å². The molecule has 1 N–H and O–H groups in total. The Morgan fingerprint density at radius 3 is 2.88 bits per heavy atom. The van der Waals surface area contributed by atoms with E-state index < -0.39 is 0 Å². The molecule has 2 rings (SSSR count). The molecule has 2 unspecified atom stereocenters. The molecule has 0 bridgehead atoms. The maximum absolute atomic E-state index is 5.28. The fourth-order valence-corrected chi connectivity index (χ4v) is 2.93. The normalized spacial score (nSPS) is 24.6. The van der Waals surface area contributed by atoms with Crippen molar-refractivity contribution in [3.05, 3.63) is 29.8 Å². The molecule has 0 radical (unpaired) electrons. The van der Waals surface area contributed by atoms with Gasteiger partial charge in [0.05, 0.1) is 7.11 Å². The van der Waals surface area contributed by atoms with E-state index in [0.29, 0.717) is 6.04 Å². The van der Waals surface area contributed by atoms with Crippen molar-refractivity contribution in [2.45, 2.75) is 38.1 Å². The zero-order chi connectivity index (χ0) is 12.1. The molecule has 2 atom stereocenters. The number of rotatable bonds is 4. The van der Waals surface area contributed by atoms with Crippen LogP contribution in [0.25, 0.3) is 0 Å². The number of hydrogen-bond donors (Lipinski definition) is 1. The first-order valence-electron chi connectivity index (χ1n) is 6.63. The first-order valence-corrected chi connectivity index (χ1v) is 6.63. The van der Waals surface area contributed by atoms with Crippen LogP contribution in [0.1, 0.15) is 31.2 Å². The quantitative estimate of drug-likeness (QED) is 0.863. The molecule has 1 aromatic carbocycles. The van der Waals surface area contributed by atoms with Gasteiger partial charge in [-0.15, -0.1) is 0 Å².